The van der Waals surface area contributed by atoms with Crippen molar-refractivity contribution < 1.29 is 14.3 Å². The zero-order valence-electron chi connectivity index (χ0n) is 12.7. The van der Waals surface area contributed by atoms with Crippen LogP contribution >= 0.6 is 11.3 Å². The summed E-state index contributed by atoms with van der Waals surface area (Å²) < 4.78 is 4.88. The van der Waals surface area contributed by atoms with E-state index in [1.807, 2.05) is 42.6 Å². The van der Waals surface area contributed by atoms with E-state index in [0.717, 1.165) is 24.0 Å². The maximum absolute atomic E-state index is 12.1. The summed E-state index contributed by atoms with van der Waals surface area (Å²) in [7, 11) is 1.34. The van der Waals surface area contributed by atoms with E-state index in [1.165, 1.54) is 18.4 Å². The van der Waals surface area contributed by atoms with Gasteiger partial charge in [0.25, 0.3) is 0 Å². The Kier molecular flexibility index (Phi) is 5.72. The molecule has 1 aromatic carbocycles. The van der Waals surface area contributed by atoms with Crippen LogP contribution < -0.4 is 5.32 Å². The molecule has 5 heteroatoms. The number of ether oxygens (including phenoxy) is 1. The molecule has 116 valence electrons. The van der Waals surface area contributed by atoms with Gasteiger partial charge in [-0.3, -0.25) is 4.79 Å². The highest BCUT2D eigenvalue weighted by molar-refractivity contribution is 7.15. The van der Waals surface area contributed by atoms with Crippen molar-refractivity contribution in [2.75, 3.05) is 12.4 Å². The van der Waals surface area contributed by atoms with Gasteiger partial charge >= 0.3 is 5.97 Å². The van der Waals surface area contributed by atoms with Crippen LogP contribution in [0.5, 0.6) is 0 Å². The molecule has 1 heterocycles. The Bertz CT molecular complexity index is 649. The van der Waals surface area contributed by atoms with Crippen LogP contribution in [0, 0.1) is 0 Å². The van der Waals surface area contributed by atoms with Crippen molar-refractivity contribution in [2.24, 2.45) is 0 Å². The van der Waals surface area contributed by atoms with E-state index >= 15 is 0 Å². The Balaban J connectivity index is 2.33. The quantitative estimate of drug-likeness (QED) is 0.807. The summed E-state index contributed by atoms with van der Waals surface area (Å²) in [5, 5.41) is 5.25. The SMILES string of the molecule is CCCCC(=O)Nc1scc(-c2ccccc2)c1C(=O)OC. The van der Waals surface area contributed by atoms with E-state index in [9.17, 15) is 9.59 Å². The number of rotatable bonds is 6. The first kappa shape index (κ1) is 16.2. The fourth-order valence-corrected chi connectivity index (χ4v) is 3.08. The lowest BCUT2D eigenvalue weighted by Gasteiger charge is -2.07. The van der Waals surface area contributed by atoms with Crippen LogP contribution in [0.4, 0.5) is 5.00 Å². The molecule has 0 bridgehead atoms. The van der Waals surface area contributed by atoms with Crippen LogP contribution in [0.2, 0.25) is 0 Å². The van der Waals surface area contributed by atoms with Crippen LogP contribution in [-0.2, 0) is 9.53 Å². The first-order valence-electron chi connectivity index (χ1n) is 7.22. The smallest absolute Gasteiger partial charge is 0.341 e. The third-order valence-corrected chi connectivity index (χ3v) is 4.17. The Labute approximate surface area is 134 Å². The highest BCUT2D eigenvalue weighted by Gasteiger charge is 2.21. The zero-order valence-corrected chi connectivity index (χ0v) is 13.5. The molecule has 22 heavy (non-hydrogen) atoms. The van der Waals surface area contributed by atoms with Crippen LogP contribution in [0.15, 0.2) is 35.7 Å². The second kappa shape index (κ2) is 7.75. The summed E-state index contributed by atoms with van der Waals surface area (Å²) in [4.78, 5) is 24.0. The minimum absolute atomic E-state index is 0.0755. The summed E-state index contributed by atoms with van der Waals surface area (Å²) in [6, 6.07) is 9.59. The van der Waals surface area contributed by atoms with Gasteiger partial charge in [-0.15, -0.1) is 11.3 Å². The molecule has 0 aliphatic heterocycles. The lowest BCUT2D eigenvalue weighted by Crippen LogP contribution is -2.13. The third-order valence-electron chi connectivity index (χ3n) is 3.28. The molecule has 0 aliphatic rings. The van der Waals surface area contributed by atoms with Crippen molar-refractivity contribution in [3.8, 4) is 11.1 Å². The average molecular weight is 317 g/mol. The summed E-state index contributed by atoms with van der Waals surface area (Å²) >= 11 is 1.34. The van der Waals surface area contributed by atoms with Gasteiger partial charge in [-0.2, -0.15) is 0 Å². The Morgan fingerprint density at radius 1 is 1.23 bits per heavy atom. The number of hydrogen-bond acceptors (Lipinski definition) is 4. The number of nitrogens with one attached hydrogen (secondary N) is 1. The fourth-order valence-electron chi connectivity index (χ4n) is 2.11. The molecule has 2 rings (SSSR count). The number of amides is 1. The van der Waals surface area contributed by atoms with Crippen LogP contribution in [-0.4, -0.2) is 19.0 Å². The lowest BCUT2D eigenvalue weighted by molar-refractivity contribution is -0.116. The molecule has 0 spiro atoms. The molecule has 0 fully saturated rings. The van der Waals surface area contributed by atoms with Gasteiger partial charge in [0.15, 0.2) is 0 Å². The van der Waals surface area contributed by atoms with Gasteiger partial charge in [0.2, 0.25) is 5.91 Å². The van der Waals surface area contributed by atoms with Gasteiger partial charge in [0.05, 0.1) is 7.11 Å². The van der Waals surface area contributed by atoms with Gasteiger partial charge in [-0.25, -0.2) is 4.79 Å². The predicted molar refractivity (Wildman–Crippen MR) is 89.2 cm³/mol. The van der Waals surface area contributed by atoms with E-state index in [2.05, 4.69) is 5.32 Å². The number of thiophene rings is 1. The molecule has 4 nitrogen and oxygen atoms in total. The Hall–Kier alpha value is -2.14. The first-order chi connectivity index (χ1) is 10.7. The largest absolute Gasteiger partial charge is 0.465 e. The Morgan fingerprint density at radius 2 is 1.95 bits per heavy atom. The molecule has 0 unspecified atom stereocenters. The Morgan fingerprint density at radius 3 is 2.59 bits per heavy atom. The highest BCUT2D eigenvalue weighted by Crippen LogP contribution is 2.36. The first-order valence-corrected chi connectivity index (χ1v) is 8.10. The van der Waals surface area contributed by atoms with Gasteiger partial charge in [0.1, 0.15) is 10.6 Å². The molecular weight excluding hydrogens is 298 g/mol. The van der Waals surface area contributed by atoms with E-state index in [-0.39, 0.29) is 5.91 Å². The van der Waals surface area contributed by atoms with Crippen molar-refractivity contribution in [3.63, 3.8) is 0 Å². The maximum atomic E-state index is 12.1. The molecule has 1 N–H and O–H groups in total. The molecular formula is C17H19NO3S. The number of carbonyl (C=O) groups is 2. The maximum Gasteiger partial charge on any atom is 0.341 e. The molecule has 1 aromatic heterocycles. The topological polar surface area (TPSA) is 55.4 Å². The third kappa shape index (κ3) is 3.74. The molecule has 0 saturated carbocycles. The van der Waals surface area contributed by atoms with Crippen molar-refractivity contribution in [1.29, 1.82) is 0 Å². The average Bonchev–Trinajstić information content (AvgIpc) is 2.96. The number of benzene rings is 1. The molecule has 2 aromatic rings. The fraction of sp³-hybridized carbons (Fsp3) is 0.294. The van der Waals surface area contributed by atoms with Gasteiger partial charge in [-0.1, -0.05) is 43.7 Å². The van der Waals surface area contributed by atoms with Crippen molar-refractivity contribution >= 4 is 28.2 Å². The second-order valence-corrected chi connectivity index (χ2v) is 5.74. The van der Waals surface area contributed by atoms with Crippen molar-refractivity contribution in [1.82, 2.24) is 0 Å². The zero-order chi connectivity index (χ0) is 15.9. The lowest BCUT2D eigenvalue weighted by atomic mass is 10.0. The molecule has 0 radical (unpaired) electrons. The highest BCUT2D eigenvalue weighted by atomic mass is 32.1. The number of esters is 1. The van der Waals surface area contributed by atoms with Crippen LogP contribution in [0.1, 0.15) is 36.5 Å². The molecule has 0 saturated heterocycles. The summed E-state index contributed by atoms with van der Waals surface area (Å²) in [5.41, 5.74) is 2.12. The van der Waals surface area contributed by atoms with E-state index < -0.39 is 5.97 Å². The number of anilines is 1. The van der Waals surface area contributed by atoms with Gasteiger partial charge in [-0.05, 0) is 12.0 Å². The molecule has 0 atom stereocenters. The summed E-state index contributed by atoms with van der Waals surface area (Å²) in [6.45, 7) is 2.03. The standard InChI is InChI=1S/C17H19NO3S/c1-3-4-10-14(19)18-16-15(17(20)21-2)13(11-22-16)12-8-6-5-7-9-12/h5-9,11H,3-4,10H2,1-2H3,(H,18,19). The minimum Gasteiger partial charge on any atom is -0.465 e. The number of unbranched alkanes of at least 4 members (excludes halogenated alkanes) is 1. The van der Waals surface area contributed by atoms with Crippen LogP contribution in [0.3, 0.4) is 0 Å². The van der Waals surface area contributed by atoms with Crippen LogP contribution in [0.25, 0.3) is 11.1 Å². The second-order valence-electron chi connectivity index (χ2n) is 4.86. The number of methoxy groups -OCH3 is 1. The predicted octanol–water partition coefficient (Wildman–Crippen LogP) is 4.33. The van der Waals surface area contributed by atoms with Gasteiger partial charge in [0, 0.05) is 17.4 Å². The molecule has 0 aliphatic carbocycles. The summed E-state index contributed by atoms with van der Waals surface area (Å²) in [5.74, 6) is -0.514. The minimum atomic E-state index is -0.439. The van der Waals surface area contributed by atoms with Crippen molar-refractivity contribution in [2.45, 2.75) is 26.2 Å². The monoisotopic (exact) mass is 317 g/mol. The molecule has 1 amide bonds. The summed E-state index contributed by atoms with van der Waals surface area (Å²) in [6.07, 6.45) is 2.24. The van der Waals surface area contributed by atoms with Crippen molar-refractivity contribution in [3.05, 3.63) is 41.3 Å². The van der Waals surface area contributed by atoms with E-state index in [0.29, 0.717) is 17.0 Å². The van der Waals surface area contributed by atoms with E-state index in [1.54, 1.807) is 0 Å². The van der Waals surface area contributed by atoms with E-state index in [4.69, 9.17) is 4.74 Å². The number of hydrogen-bond donors (Lipinski definition) is 1. The normalized spacial score (nSPS) is 10.3. The number of carbonyl (C=O) groups excluding carboxylic acids is 2. The van der Waals surface area contributed by atoms with Gasteiger partial charge < -0.3 is 10.1 Å².